The van der Waals surface area contributed by atoms with E-state index in [1.54, 1.807) is 0 Å². The van der Waals surface area contributed by atoms with Crippen molar-refractivity contribution in [3.63, 3.8) is 0 Å². The maximum atomic E-state index is 11.0. The smallest absolute Gasteiger partial charge is 0.305 e. The van der Waals surface area contributed by atoms with Crippen LogP contribution in [-0.2, 0) is 16.1 Å². The van der Waals surface area contributed by atoms with Gasteiger partial charge in [0.25, 0.3) is 0 Å². The number of carbonyl (C=O) groups is 1. The Balaban J connectivity index is 2.37. The van der Waals surface area contributed by atoms with Crippen LogP contribution in [0.15, 0.2) is 18.2 Å². The number of hydrogen-bond acceptors (Lipinski definition) is 4. The molecule has 0 aliphatic rings. The van der Waals surface area contributed by atoms with Gasteiger partial charge in [-0.3, -0.25) is 4.79 Å². The fraction of sp³-hybridized carbons (Fsp3) is 0.562. The molecule has 1 rings (SSSR count). The van der Waals surface area contributed by atoms with Gasteiger partial charge >= 0.3 is 5.97 Å². The first-order valence-corrected chi connectivity index (χ1v) is 7.59. The number of methoxy groups -OCH3 is 1. The summed E-state index contributed by atoms with van der Waals surface area (Å²) in [6.45, 7) is 6.56. The number of hydrogen-bond donors (Lipinski definition) is 1. The van der Waals surface area contributed by atoms with E-state index in [-0.39, 0.29) is 5.97 Å². The summed E-state index contributed by atoms with van der Waals surface area (Å²) in [6, 6.07) is 5.77. The van der Waals surface area contributed by atoms with Crippen LogP contribution in [-0.4, -0.2) is 26.2 Å². The molecule has 0 atom stereocenters. The molecule has 0 unspecified atom stereocenters. The molecule has 0 fully saturated rings. The predicted molar refractivity (Wildman–Crippen MR) is 84.7 cm³/mol. The second-order valence-corrected chi connectivity index (χ2v) is 5.72. The van der Waals surface area contributed by atoms with Gasteiger partial charge in [-0.1, -0.05) is 31.5 Å². The van der Waals surface area contributed by atoms with E-state index < -0.39 is 0 Å². The summed E-state index contributed by atoms with van der Waals surface area (Å²) < 4.78 is 10.1. The van der Waals surface area contributed by atoms with Crippen molar-refractivity contribution in [3.8, 4) is 5.75 Å². The van der Waals surface area contributed by atoms with Crippen LogP contribution in [0.2, 0.25) is 5.02 Å². The van der Waals surface area contributed by atoms with Crippen molar-refractivity contribution in [1.29, 1.82) is 0 Å². The molecule has 1 N–H and O–H groups in total. The molecular weight excluding hydrogens is 290 g/mol. The molecule has 5 heteroatoms. The van der Waals surface area contributed by atoms with Crippen molar-refractivity contribution in [1.82, 2.24) is 5.32 Å². The molecule has 0 saturated heterocycles. The summed E-state index contributed by atoms with van der Waals surface area (Å²) in [5, 5.41) is 3.96. The van der Waals surface area contributed by atoms with E-state index in [2.05, 4.69) is 23.9 Å². The van der Waals surface area contributed by atoms with E-state index in [0.717, 1.165) is 18.7 Å². The normalized spacial score (nSPS) is 10.7. The van der Waals surface area contributed by atoms with Crippen LogP contribution in [0.1, 0.15) is 32.3 Å². The molecule has 0 saturated carbocycles. The molecule has 1 aromatic rings. The highest BCUT2D eigenvalue weighted by Gasteiger charge is 2.05. The average molecular weight is 314 g/mol. The molecule has 0 aromatic heterocycles. The molecule has 0 aliphatic heterocycles. The molecule has 0 bridgehead atoms. The molecule has 0 spiro atoms. The predicted octanol–water partition coefficient (Wildman–Crippen LogP) is 3.42. The number of ether oxygens (including phenoxy) is 2. The lowest BCUT2D eigenvalue weighted by atomic mass is 10.2. The summed E-state index contributed by atoms with van der Waals surface area (Å²) in [4.78, 5) is 11.0. The van der Waals surface area contributed by atoms with E-state index in [1.165, 1.54) is 7.11 Å². The summed E-state index contributed by atoms with van der Waals surface area (Å²) in [5.74, 6) is 1.04. The first-order chi connectivity index (χ1) is 10.0. The maximum absolute atomic E-state index is 11.0. The summed E-state index contributed by atoms with van der Waals surface area (Å²) in [7, 11) is 1.38. The molecule has 0 radical (unpaired) electrons. The molecular formula is C16H24ClNO3. The second kappa shape index (κ2) is 9.64. The fourth-order valence-corrected chi connectivity index (χ4v) is 2.03. The molecule has 118 valence electrons. The quantitative estimate of drug-likeness (QED) is 0.560. The Labute approximate surface area is 131 Å². The zero-order valence-electron chi connectivity index (χ0n) is 12.9. The number of esters is 1. The van der Waals surface area contributed by atoms with Gasteiger partial charge in [-0.05, 0) is 36.6 Å². The van der Waals surface area contributed by atoms with Gasteiger partial charge in [0.1, 0.15) is 5.75 Å². The van der Waals surface area contributed by atoms with Gasteiger partial charge in [0.15, 0.2) is 0 Å². The van der Waals surface area contributed by atoms with Crippen molar-refractivity contribution in [2.24, 2.45) is 5.92 Å². The van der Waals surface area contributed by atoms with Crippen LogP contribution >= 0.6 is 11.6 Å². The van der Waals surface area contributed by atoms with Crippen molar-refractivity contribution < 1.29 is 14.3 Å². The highest BCUT2D eigenvalue weighted by molar-refractivity contribution is 6.32. The first-order valence-electron chi connectivity index (χ1n) is 7.21. The van der Waals surface area contributed by atoms with Gasteiger partial charge in [-0.25, -0.2) is 0 Å². The topological polar surface area (TPSA) is 47.6 Å². The molecule has 1 aromatic carbocycles. The summed E-state index contributed by atoms with van der Waals surface area (Å²) in [5.41, 5.74) is 1.13. The highest BCUT2D eigenvalue weighted by Crippen LogP contribution is 2.25. The number of carbonyl (C=O) groups excluding carboxylic acids is 1. The largest absolute Gasteiger partial charge is 0.492 e. The van der Waals surface area contributed by atoms with Crippen molar-refractivity contribution in [2.75, 3.05) is 20.3 Å². The monoisotopic (exact) mass is 313 g/mol. The number of rotatable bonds is 9. The molecule has 0 amide bonds. The number of benzene rings is 1. The summed E-state index contributed by atoms with van der Waals surface area (Å²) in [6.07, 6.45) is 0.964. The third-order valence-electron chi connectivity index (χ3n) is 2.89. The van der Waals surface area contributed by atoms with Crippen molar-refractivity contribution in [2.45, 2.75) is 33.2 Å². The highest BCUT2D eigenvalue weighted by atomic mass is 35.5. The van der Waals surface area contributed by atoms with E-state index in [9.17, 15) is 4.79 Å². The number of nitrogens with one attached hydrogen (secondary N) is 1. The summed E-state index contributed by atoms with van der Waals surface area (Å²) >= 11 is 6.20. The van der Waals surface area contributed by atoms with Crippen LogP contribution in [0.4, 0.5) is 0 Å². The Morgan fingerprint density at radius 2 is 2.14 bits per heavy atom. The Morgan fingerprint density at radius 1 is 1.38 bits per heavy atom. The Morgan fingerprint density at radius 3 is 2.76 bits per heavy atom. The fourth-order valence-electron chi connectivity index (χ4n) is 1.78. The van der Waals surface area contributed by atoms with E-state index >= 15 is 0 Å². The minimum Gasteiger partial charge on any atom is -0.492 e. The maximum Gasteiger partial charge on any atom is 0.305 e. The lowest BCUT2D eigenvalue weighted by Crippen LogP contribution is -2.18. The molecule has 0 heterocycles. The zero-order valence-corrected chi connectivity index (χ0v) is 13.7. The van der Waals surface area contributed by atoms with Crippen LogP contribution in [0, 0.1) is 5.92 Å². The minimum atomic E-state index is -0.226. The van der Waals surface area contributed by atoms with Gasteiger partial charge in [0.05, 0.1) is 18.7 Å². The van der Waals surface area contributed by atoms with Crippen LogP contribution in [0.5, 0.6) is 5.75 Å². The van der Waals surface area contributed by atoms with E-state index in [1.807, 2.05) is 18.2 Å². The third-order valence-corrected chi connectivity index (χ3v) is 3.18. The van der Waals surface area contributed by atoms with E-state index in [4.69, 9.17) is 16.3 Å². The van der Waals surface area contributed by atoms with Gasteiger partial charge in [-0.15, -0.1) is 0 Å². The SMILES string of the molecule is COC(=O)CCCOc1ccc(CNCC(C)C)cc1Cl. The van der Waals surface area contributed by atoms with Gasteiger partial charge in [0.2, 0.25) is 0 Å². The Hall–Kier alpha value is -1.26. The lowest BCUT2D eigenvalue weighted by molar-refractivity contribution is -0.140. The number of halogens is 1. The molecule has 4 nitrogen and oxygen atoms in total. The minimum absolute atomic E-state index is 0.226. The third kappa shape index (κ3) is 7.34. The Bertz CT molecular complexity index is 449. The van der Waals surface area contributed by atoms with Crippen LogP contribution in [0.25, 0.3) is 0 Å². The van der Waals surface area contributed by atoms with E-state index in [0.29, 0.717) is 36.1 Å². The van der Waals surface area contributed by atoms with Gasteiger partial charge in [0, 0.05) is 13.0 Å². The van der Waals surface area contributed by atoms with Crippen LogP contribution < -0.4 is 10.1 Å². The average Bonchev–Trinajstić information content (AvgIpc) is 2.44. The van der Waals surface area contributed by atoms with Crippen molar-refractivity contribution in [3.05, 3.63) is 28.8 Å². The Kier molecular flexibility index (Phi) is 8.16. The standard InChI is InChI=1S/C16H24ClNO3/c1-12(2)10-18-11-13-6-7-15(14(17)9-13)21-8-4-5-16(19)20-3/h6-7,9,12,18H,4-5,8,10-11H2,1-3H3. The zero-order chi connectivity index (χ0) is 15.7. The van der Waals surface area contributed by atoms with Crippen molar-refractivity contribution >= 4 is 17.6 Å². The molecule has 21 heavy (non-hydrogen) atoms. The molecule has 0 aliphatic carbocycles. The van der Waals surface area contributed by atoms with Gasteiger partial charge in [-0.2, -0.15) is 0 Å². The lowest BCUT2D eigenvalue weighted by Gasteiger charge is -2.11. The second-order valence-electron chi connectivity index (χ2n) is 5.32. The first kappa shape index (κ1) is 17.8. The van der Waals surface area contributed by atoms with Gasteiger partial charge < -0.3 is 14.8 Å². The van der Waals surface area contributed by atoms with Crippen LogP contribution in [0.3, 0.4) is 0 Å².